The first kappa shape index (κ1) is 17.1. The highest BCUT2D eigenvalue weighted by Crippen LogP contribution is 2.39. The summed E-state index contributed by atoms with van der Waals surface area (Å²) in [5, 5.41) is 6.42. The molecule has 1 aromatic carbocycles. The normalized spacial score (nSPS) is 24.0. The number of amides is 4. The highest BCUT2D eigenvalue weighted by molar-refractivity contribution is 6.30. The molecule has 8 heteroatoms. The van der Waals surface area contributed by atoms with Crippen molar-refractivity contribution in [3.05, 3.63) is 34.9 Å². The third-order valence-corrected chi connectivity index (χ3v) is 5.64. The zero-order chi connectivity index (χ0) is 18.3. The summed E-state index contributed by atoms with van der Waals surface area (Å²) in [5.74, 6) is -0.277. The maximum Gasteiger partial charge on any atom is 0.317 e. The summed E-state index contributed by atoms with van der Waals surface area (Å²) in [5.41, 5.74) is 0.918. The van der Waals surface area contributed by atoms with Crippen molar-refractivity contribution in [1.82, 2.24) is 20.4 Å². The summed E-state index contributed by atoms with van der Waals surface area (Å²) in [6.07, 6.45) is 2.63. The average Bonchev–Trinajstić information content (AvgIpc) is 3.39. The number of nitrogens with zero attached hydrogens (tertiary/aromatic N) is 2. The van der Waals surface area contributed by atoms with Crippen molar-refractivity contribution >= 4 is 29.4 Å². The molecule has 26 heavy (non-hydrogen) atoms. The van der Waals surface area contributed by atoms with E-state index < -0.39 is 6.04 Å². The van der Waals surface area contributed by atoms with E-state index in [2.05, 4.69) is 10.6 Å². The van der Waals surface area contributed by atoms with Gasteiger partial charge in [-0.05, 0) is 37.0 Å². The lowest BCUT2D eigenvalue weighted by Crippen LogP contribution is -2.67. The third kappa shape index (κ3) is 3.35. The quantitative estimate of drug-likeness (QED) is 0.817. The van der Waals surface area contributed by atoms with E-state index in [4.69, 9.17) is 11.6 Å². The summed E-state index contributed by atoms with van der Waals surface area (Å²) in [6, 6.07) is 6.92. The second-order valence-corrected chi connectivity index (χ2v) is 7.72. The van der Waals surface area contributed by atoms with Crippen molar-refractivity contribution in [2.24, 2.45) is 0 Å². The van der Waals surface area contributed by atoms with Crippen LogP contribution in [0.4, 0.5) is 4.79 Å². The van der Waals surface area contributed by atoms with Crippen LogP contribution in [-0.2, 0) is 16.0 Å². The van der Waals surface area contributed by atoms with Crippen LogP contribution in [0.15, 0.2) is 24.3 Å². The number of hydrogen-bond acceptors (Lipinski definition) is 3. The maximum atomic E-state index is 12.7. The molecule has 138 valence electrons. The molecular weight excluding hydrogens is 356 g/mol. The number of nitrogens with one attached hydrogen (secondary N) is 2. The monoisotopic (exact) mass is 376 g/mol. The third-order valence-electron chi connectivity index (χ3n) is 5.39. The van der Waals surface area contributed by atoms with Crippen LogP contribution in [-0.4, -0.2) is 65.4 Å². The molecule has 0 radical (unpaired) electrons. The number of piperazine rings is 2. The van der Waals surface area contributed by atoms with E-state index in [-0.39, 0.29) is 36.5 Å². The largest absolute Gasteiger partial charge is 0.345 e. The van der Waals surface area contributed by atoms with E-state index >= 15 is 0 Å². The molecule has 1 saturated carbocycles. The number of halogens is 1. The standard InChI is InChI=1S/C18H21ClN4O3/c19-13-3-1-12(2-4-13)9-18(5-6-18)21-17(26)22-7-8-23-14(11-22)16(25)20-10-15(23)24/h1-4,14H,5-11H2,(H,20,25)(H,21,26). The Hall–Kier alpha value is -2.28. The Morgan fingerprint density at radius 2 is 1.96 bits per heavy atom. The molecule has 2 heterocycles. The van der Waals surface area contributed by atoms with Gasteiger partial charge in [0.15, 0.2) is 0 Å². The van der Waals surface area contributed by atoms with Gasteiger partial charge in [-0.25, -0.2) is 4.79 Å². The molecule has 1 atom stereocenters. The number of fused-ring (bicyclic) bond motifs is 1. The van der Waals surface area contributed by atoms with Crippen LogP contribution in [0.25, 0.3) is 0 Å². The van der Waals surface area contributed by atoms with Crippen LogP contribution in [0.3, 0.4) is 0 Å². The Bertz CT molecular complexity index is 747. The minimum atomic E-state index is -0.581. The molecule has 4 amide bonds. The van der Waals surface area contributed by atoms with Crippen LogP contribution < -0.4 is 10.6 Å². The van der Waals surface area contributed by atoms with Gasteiger partial charge in [0.25, 0.3) is 0 Å². The number of rotatable bonds is 3. The Morgan fingerprint density at radius 1 is 1.23 bits per heavy atom. The number of carbonyl (C=O) groups is 3. The van der Waals surface area contributed by atoms with E-state index in [9.17, 15) is 14.4 Å². The van der Waals surface area contributed by atoms with Crippen LogP contribution >= 0.6 is 11.6 Å². The Balaban J connectivity index is 1.38. The lowest BCUT2D eigenvalue weighted by molar-refractivity contribution is -0.148. The lowest BCUT2D eigenvalue weighted by Gasteiger charge is -2.43. The molecule has 2 aliphatic heterocycles. The molecule has 1 unspecified atom stereocenters. The van der Waals surface area contributed by atoms with Gasteiger partial charge in [0.1, 0.15) is 6.04 Å². The predicted molar refractivity (Wildman–Crippen MR) is 95.7 cm³/mol. The van der Waals surface area contributed by atoms with Crippen LogP contribution in [0.1, 0.15) is 18.4 Å². The molecule has 2 saturated heterocycles. The van der Waals surface area contributed by atoms with Gasteiger partial charge in [0.2, 0.25) is 11.8 Å². The van der Waals surface area contributed by atoms with Crippen molar-refractivity contribution < 1.29 is 14.4 Å². The first-order valence-corrected chi connectivity index (χ1v) is 9.22. The first-order valence-electron chi connectivity index (χ1n) is 8.85. The second kappa shape index (κ2) is 6.46. The minimum Gasteiger partial charge on any atom is -0.345 e. The van der Waals surface area contributed by atoms with E-state index in [1.807, 2.05) is 24.3 Å². The average molecular weight is 377 g/mol. The SMILES string of the molecule is O=C1NCC(=O)N2CCN(C(=O)NC3(Cc4ccc(Cl)cc4)CC3)CC12. The topological polar surface area (TPSA) is 81.8 Å². The van der Waals surface area contributed by atoms with Crippen LogP contribution in [0, 0.1) is 0 Å². The van der Waals surface area contributed by atoms with Crippen molar-refractivity contribution in [3.63, 3.8) is 0 Å². The van der Waals surface area contributed by atoms with Gasteiger partial charge in [-0.2, -0.15) is 0 Å². The summed E-state index contributed by atoms with van der Waals surface area (Å²) in [4.78, 5) is 39.9. The molecule has 0 spiro atoms. The van der Waals surface area contributed by atoms with Crippen molar-refractivity contribution in [1.29, 1.82) is 0 Å². The zero-order valence-electron chi connectivity index (χ0n) is 14.3. The molecule has 3 aliphatic rings. The molecule has 0 bridgehead atoms. The van der Waals surface area contributed by atoms with E-state index in [1.165, 1.54) is 0 Å². The second-order valence-electron chi connectivity index (χ2n) is 7.28. The van der Waals surface area contributed by atoms with E-state index in [0.29, 0.717) is 18.1 Å². The van der Waals surface area contributed by atoms with Crippen LogP contribution in [0.5, 0.6) is 0 Å². The Labute approximate surface area is 156 Å². The van der Waals surface area contributed by atoms with E-state index in [0.717, 1.165) is 24.8 Å². The Kier molecular flexibility index (Phi) is 4.26. The van der Waals surface area contributed by atoms with Gasteiger partial charge < -0.3 is 20.4 Å². The Morgan fingerprint density at radius 3 is 2.65 bits per heavy atom. The number of benzene rings is 1. The summed E-state index contributed by atoms with van der Waals surface area (Å²) < 4.78 is 0. The van der Waals surface area contributed by atoms with Gasteiger partial charge in [0, 0.05) is 23.7 Å². The van der Waals surface area contributed by atoms with Gasteiger partial charge in [0.05, 0.1) is 13.1 Å². The van der Waals surface area contributed by atoms with Gasteiger partial charge >= 0.3 is 6.03 Å². The first-order chi connectivity index (χ1) is 12.5. The number of urea groups is 1. The molecule has 7 nitrogen and oxygen atoms in total. The molecule has 3 fully saturated rings. The van der Waals surface area contributed by atoms with Crippen molar-refractivity contribution in [3.8, 4) is 0 Å². The number of hydrogen-bond donors (Lipinski definition) is 2. The molecule has 1 aromatic rings. The molecule has 4 rings (SSSR count). The van der Waals surface area contributed by atoms with Gasteiger partial charge in [-0.3, -0.25) is 9.59 Å². The smallest absolute Gasteiger partial charge is 0.317 e. The zero-order valence-corrected chi connectivity index (χ0v) is 15.1. The fourth-order valence-electron chi connectivity index (χ4n) is 3.67. The predicted octanol–water partition coefficient (Wildman–Crippen LogP) is 0.767. The van der Waals surface area contributed by atoms with Crippen molar-refractivity contribution in [2.45, 2.75) is 30.8 Å². The fourth-order valence-corrected chi connectivity index (χ4v) is 3.79. The fraction of sp³-hybridized carbons (Fsp3) is 0.500. The molecule has 2 N–H and O–H groups in total. The molecular formula is C18H21ClN4O3. The van der Waals surface area contributed by atoms with Crippen molar-refractivity contribution in [2.75, 3.05) is 26.2 Å². The maximum absolute atomic E-state index is 12.7. The molecule has 1 aliphatic carbocycles. The van der Waals surface area contributed by atoms with Crippen LogP contribution in [0.2, 0.25) is 5.02 Å². The van der Waals surface area contributed by atoms with E-state index in [1.54, 1.807) is 9.80 Å². The summed E-state index contributed by atoms with van der Waals surface area (Å²) in [7, 11) is 0. The lowest BCUT2D eigenvalue weighted by atomic mass is 10.0. The van der Waals surface area contributed by atoms with Gasteiger partial charge in [-0.15, -0.1) is 0 Å². The highest BCUT2D eigenvalue weighted by Gasteiger charge is 2.46. The summed E-state index contributed by atoms with van der Waals surface area (Å²) >= 11 is 5.93. The highest BCUT2D eigenvalue weighted by atomic mass is 35.5. The number of carbonyl (C=O) groups excluding carboxylic acids is 3. The minimum absolute atomic E-state index is 0.0474. The van der Waals surface area contributed by atoms with Gasteiger partial charge in [-0.1, -0.05) is 23.7 Å². The molecule has 0 aromatic heterocycles. The summed E-state index contributed by atoms with van der Waals surface area (Å²) in [6.45, 7) is 1.12.